The molecule has 0 aliphatic rings. The minimum absolute atomic E-state index is 0.343. The quantitative estimate of drug-likeness (QED) is 0.0339. The van der Waals surface area contributed by atoms with E-state index in [1.54, 1.807) is 0 Å². The number of rotatable bonds is 35. The van der Waals surface area contributed by atoms with Crippen LogP contribution in [-0.4, -0.2) is 57.3 Å². The van der Waals surface area contributed by atoms with E-state index >= 15 is 0 Å². The molecule has 0 aliphatic carbocycles. The van der Waals surface area contributed by atoms with E-state index in [2.05, 4.69) is 67.8 Å². The number of allylic oxidation sites excluding steroid dienone is 8. The van der Waals surface area contributed by atoms with Gasteiger partial charge in [0.25, 0.3) is 0 Å². The molecule has 6 heteroatoms. The second-order valence-corrected chi connectivity index (χ2v) is 13.6. The van der Waals surface area contributed by atoms with Gasteiger partial charge in [-0.25, -0.2) is 0 Å². The van der Waals surface area contributed by atoms with Crippen LogP contribution in [0, 0.1) is 0 Å². The third-order valence-electron chi connectivity index (χ3n) is 8.97. The summed E-state index contributed by atoms with van der Waals surface area (Å²) in [7, 11) is 0. The molecule has 0 heterocycles. The third-order valence-corrected chi connectivity index (χ3v) is 8.97. The molecule has 0 spiro atoms. The molecule has 1 amide bonds. The summed E-state index contributed by atoms with van der Waals surface area (Å²) in [5.41, 5.74) is 0. The van der Waals surface area contributed by atoms with Gasteiger partial charge in [0.1, 0.15) is 12.2 Å². The van der Waals surface area contributed by atoms with Gasteiger partial charge in [-0.3, -0.25) is 4.79 Å². The highest BCUT2D eigenvalue weighted by Gasteiger charge is 2.28. The zero-order valence-electron chi connectivity index (χ0n) is 31.2. The molecule has 280 valence electrons. The molecule has 0 aliphatic heterocycles. The van der Waals surface area contributed by atoms with Gasteiger partial charge in [-0.05, 0) is 89.9 Å². The van der Waals surface area contributed by atoms with Gasteiger partial charge < -0.3 is 25.7 Å². The molecule has 0 fully saturated rings. The molecule has 0 saturated carbocycles. The first-order chi connectivity index (χ1) is 23.5. The minimum atomic E-state index is -1.30. The zero-order valence-corrected chi connectivity index (χ0v) is 31.2. The highest BCUT2D eigenvalue weighted by atomic mass is 16.3. The van der Waals surface area contributed by atoms with Crippen molar-refractivity contribution in [1.82, 2.24) is 5.32 Å². The van der Waals surface area contributed by atoms with Crippen molar-refractivity contribution >= 4 is 5.91 Å². The Bertz CT molecular complexity index is 808. The van der Waals surface area contributed by atoms with Gasteiger partial charge in [-0.15, -0.1) is 0 Å². The van der Waals surface area contributed by atoms with E-state index in [9.17, 15) is 25.2 Å². The number of amides is 1. The fourth-order valence-corrected chi connectivity index (χ4v) is 5.72. The Morgan fingerprint density at radius 3 is 1.33 bits per heavy atom. The van der Waals surface area contributed by atoms with Crippen molar-refractivity contribution in [3.8, 4) is 0 Å². The highest BCUT2D eigenvalue weighted by molar-refractivity contribution is 5.80. The summed E-state index contributed by atoms with van der Waals surface area (Å²) >= 11 is 0. The molecular formula is C42H77NO5. The first kappa shape index (κ1) is 46.3. The molecule has 0 bridgehead atoms. The van der Waals surface area contributed by atoms with Gasteiger partial charge in [0.05, 0.1) is 18.8 Å². The first-order valence-electron chi connectivity index (χ1n) is 20.0. The van der Waals surface area contributed by atoms with E-state index in [1.165, 1.54) is 83.5 Å². The molecule has 48 heavy (non-hydrogen) atoms. The summed E-state index contributed by atoms with van der Waals surface area (Å²) in [4.78, 5) is 12.5. The summed E-state index contributed by atoms with van der Waals surface area (Å²) in [5.74, 6) is -0.611. The standard InChI is InChI=1S/C42H77NO5/c1-3-5-7-9-11-13-15-17-19-20-22-23-25-27-29-31-33-35-39(45)41(47)38(37-44)43-42(48)40(46)36-34-32-30-28-26-24-21-18-16-14-12-10-8-6-4-2/h13,15,20-22,24,27,29,38-41,44-47H,3-12,14,16-19,23,25-26,28,30-37H2,1-2H3,(H,43,48)/b15-13+,22-20+,24-21-,29-27+. The number of aliphatic hydroxyl groups excluding tert-OH is 4. The number of hydrogen-bond donors (Lipinski definition) is 5. The molecule has 0 saturated heterocycles. The van der Waals surface area contributed by atoms with E-state index in [0.29, 0.717) is 19.3 Å². The smallest absolute Gasteiger partial charge is 0.249 e. The molecule has 4 unspecified atom stereocenters. The molecule has 0 radical (unpaired) electrons. The van der Waals surface area contributed by atoms with Crippen molar-refractivity contribution < 1.29 is 25.2 Å². The average molecular weight is 676 g/mol. The van der Waals surface area contributed by atoms with Gasteiger partial charge in [0, 0.05) is 0 Å². The first-order valence-corrected chi connectivity index (χ1v) is 20.0. The fourth-order valence-electron chi connectivity index (χ4n) is 5.72. The van der Waals surface area contributed by atoms with E-state index in [0.717, 1.165) is 64.2 Å². The van der Waals surface area contributed by atoms with Gasteiger partial charge in [0.2, 0.25) is 5.91 Å². The van der Waals surface area contributed by atoms with Gasteiger partial charge in [-0.2, -0.15) is 0 Å². The van der Waals surface area contributed by atoms with E-state index < -0.39 is 36.9 Å². The number of unbranched alkanes of at least 4 members (excludes halogenated alkanes) is 18. The summed E-state index contributed by atoms with van der Waals surface area (Å²) in [6.45, 7) is 3.99. The second-order valence-electron chi connectivity index (χ2n) is 13.6. The number of carbonyl (C=O) groups excluding carboxylic acids is 1. The van der Waals surface area contributed by atoms with Crippen molar-refractivity contribution in [2.24, 2.45) is 0 Å². The molecule has 5 N–H and O–H groups in total. The topological polar surface area (TPSA) is 110 Å². The predicted molar refractivity (Wildman–Crippen MR) is 205 cm³/mol. The van der Waals surface area contributed by atoms with Gasteiger partial charge in [0.15, 0.2) is 0 Å². The van der Waals surface area contributed by atoms with Crippen molar-refractivity contribution in [2.75, 3.05) is 6.61 Å². The van der Waals surface area contributed by atoms with Crippen LogP contribution in [0.15, 0.2) is 48.6 Å². The summed E-state index contributed by atoms with van der Waals surface area (Å²) < 4.78 is 0. The predicted octanol–water partition coefficient (Wildman–Crippen LogP) is 9.95. The summed E-state index contributed by atoms with van der Waals surface area (Å²) in [6.07, 6.45) is 42.7. The SMILES string of the molecule is CCCCCC/C=C/CC/C=C/CC/C=C/CCCC(O)C(O)C(CO)NC(=O)C(O)CCCCCC/C=C\CCCCCCCCC. The van der Waals surface area contributed by atoms with Crippen molar-refractivity contribution in [3.05, 3.63) is 48.6 Å². The van der Waals surface area contributed by atoms with Crippen LogP contribution >= 0.6 is 0 Å². The Labute approximate surface area is 296 Å². The summed E-state index contributed by atoms with van der Waals surface area (Å²) in [5, 5.41) is 43.5. The zero-order chi connectivity index (χ0) is 35.3. The van der Waals surface area contributed by atoms with Crippen LogP contribution in [-0.2, 0) is 4.79 Å². The van der Waals surface area contributed by atoms with Crippen LogP contribution in [0.5, 0.6) is 0 Å². The number of aliphatic hydroxyl groups is 4. The van der Waals surface area contributed by atoms with Crippen molar-refractivity contribution in [2.45, 2.75) is 205 Å². The highest BCUT2D eigenvalue weighted by Crippen LogP contribution is 2.13. The third kappa shape index (κ3) is 30.3. The Morgan fingerprint density at radius 2 is 0.875 bits per heavy atom. The van der Waals surface area contributed by atoms with E-state index in [-0.39, 0.29) is 0 Å². The molecule has 4 atom stereocenters. The molecule has 0 aromatic rings. The van der Waals surface area contributed by atoms with Crippen molar-refractivity contribution in [1.29, 1.82) is 0 Å². The second kappa shape index (κ2) is 36.5. The molecule has 0 aromatic heterocycles. The minimum Gasteiger partial charge on any atom is -0.394 e. The normalized spacial score (nSPS) is 14.9. The lowest BCUT2D eigenvalue weighted by molar-refractivity contribution is -0.132. The van der Waals surface area contributed by atoms with Crippen LogP contribution in [0.2, 0.25) is 0 Å². The molecule has 0 aromatic carbocycles. The average Bonchev–Trinajstić information content (AvgIpc) is 3.09. The lowest BCUT2D eigenvalue weighted by Gasteiger charge is -2.27. The van der Waals surface area contributed by atoms with Crippen LogP contribution in [0.3, 0.4) is 0 Å². The fraction of sp³-hybridized carbons (Fsp3) is 0.786. The Kier molecular flexibility index (Phi) is 35.2. The van der Waals surface area contributed by atoms with Crippen LogP contribution in [0.4, 0.5) is 0 Å². The maximum absolute atomic E-state index is 12.5. The number of nitrogens with one attached hydrogen (secondary N) is 1. The van der Waals surface area contributed by atoms with Crippen LogP contribution in [0.1, 0.15) is 181 Å². The molecular weight excluding hydrogens is 598 g/mol. The van der Waals surface area contributed by atoms with E-state index in [4.69, 9.17) is 0 Å². The van der Waals surface area contributed by atoms with Gasteiger partial charge >= 0.3 is 0 Å². The Balaban J connectivity index is 3.91. The molecule has 6 nitrogen and oxygen atoms in total. The maximum atomic E-state index is 12.5. The monoisotopic (exact) mass is 676 g/mol. The van der Waals surface area contributed by atoms with Crippen LogP contribution in [0.25, 0.3) is 0 Å². The Morgan fingerprint density at radius 1 is 0.500 bits per heavy atom. The number of carbonyl (C=O) groups is 1. The Hall–Kier alpha value is -1.73. The lowest BCUT2D eigenvalue weighted by atomic mass is 10.00. The maximum Gasteiger partial charge on any atom is 0.249 e. The summed E-state index contributed by atoms with van der Waals surface area (Å²) in [6, 6.07) is -1.02. The number of hydrogen-bond acceptors (Lipinski definition) is 5. The van der Waals surface area contributed by atoms with Crippen molar-refractivity contribution in [3.63, 3.8) is 0 Å². The largest absolute Gasteiger partial charge is 0.394 e. The van der Waals surface area contributed by atoms with Gasteiger partial charge in [-0.1, -0.05) is 140 Å². The van der Waals surface area contributed by atoms with E-state index in [1.807, 2.05) is 0 Å². The lowest BCUT2D eigenvalue weighted by Crippen LogP contribution is -2.53. The van der Waals surface area contributed by atoms with Crippen LogP contribution < -0.4 is 5.32 Å². The molecule has 0 rings (SSSR count).